The molecule has 0 amide bonds. The molecule has 0 aliphatic carbocycles. The van der Waals surface area contributed by atoms with Crippen LogP contribution in [0.4, 0.5) is 0 Å². The van der Waals surface area contributed by atoms with E-state index >= 15 is 0 Å². The van der Waals surface area contributed by atoms with Gasteiger partial charge in [-0.3, -0.25) is 0 Å². The van der Waals surface area contributed by atoms with Gasteiger partial charge in [0.15, 0.2) is 0 Å². The SMILES string of the molecule is CCCCCCCCCCCCOC(=O)c1cc(C(C)(C)C)c(-c2ccccc2O)c(C(C)(C)C)c1. The monoisotopic (exact) mass is 494 g/mol. The van der Waals surface area contributed by atoms with E-state index < -0.39 is 0 Å². The van der Waals surface area contributed by atoms with Gasteiger partial charge in [0.1, 0.15) is 5.75 Å². The van der Waals surface area contributed by atoms with Crippen molar-refractivity contribution in [2.75, 3.05) is 6.61 Å². The average molecular weight is 495 g/mol. The van der Waals surface area contributed by atoms with Gasteiger partial charge in [0.05, 0.1) is 12.2 Å². The van der Waals surface area contributed by atoms with E-state index in [1.165, 1.54) is 51.4 Å². The minimum atomic E-state index is -0.259. The Kier molecular flexibility index (Phi) is 11.5. The van der Waals surface area contributed by atoms with E-state index in [9.17, 15) is 9.90 Å². The first-order valence-electron chi connectivity index (χ1n) is 14.1. The van der Waals surface area contributed by atoms with Crippen molar-refractivity contribution >= 4 is 5.97 Å². The Morgan fingerprint density at radius 2 is 1.22 bits per heavy atom. The summed E-state index contributed by atoms with van der Waals surface area (Å²) >= 11 is 0. The maximum absolute atomic E-state index is 13.1. The summed E-state index contributed by atoms with van der Waals surface area (Å²) in [6.07, 6.45) is 12.6. The van der Waals surface area contributed by atoms with Crippen molar-refractivity contribution in [3.63, 3.8) is 0 Å². The molecule has 0 fully saturated rings. The van der Waals surface area contributed by atoms with Crippen LogP contribution in [0, 0.1) is 0 Å². The highest BCUT2D eigenvalue weighted by molar-refractivity contribution is 5.92. The molecule has 36 heavy (non-hydrogen) atoms. The third-order valence-corrected chi connectivity index (χ3v) is 6.89. The number of aromatic hydroxyl groups is 1. The molecule has 0 aliphatic rings. The van der Waals surface area contributed by atoms with Gasteiger partial charge in [-0.25, -0.2) is 4.79 Å². The Labute approximate surface area is 220 Å². The van der Waals surface area contributed by atoms with Crippen molar-refractivity contribution in [3.05, 3.63) is 53.1 Å². The molecule has 0 aromatic heterocycles. The predicted molar refractivity (Wildman–Crippen MR) is 153 cm³/mol. The van der Waals surface area contributed by atoms with Crippen LogP contribution in [-0.4, -0.2) is 17.7 Å². The Balaban J connectivity index is 2.10. The van der Waals surface area contributed by atoms with Gasteiger partial charge < -0.3 is 9.84 Å². The second-order valence-electron chi connectivity index (χ2n) is 12.3. The minimum absolute atomic E-state index is 0.218. The third-order valence-electron chi connectivity index (χ3n) is 6.89. The van der Waals surface area contributed by atoms with Crippen LogP contribution in [0.3, 0.4) is 0 Å². The van der Waals surface area contributed by atoms with E-state index in [0.717, 1.165) is 35.1 Å². The fraction of sp³-hybridized carbons (Fsp3) is 0.606. The summed E-state index contributed by atoms with van der Waals surface area (Å²) in [6, 6.07) is 11.4. The van der Waals surface area contributed by atoms with Crippen LogP contribution in [0.15, 0.2) is 36.4 Å². The summed E-state index contributed by atoms with van der Waals surface area (Å²) in [5, 5.41) is 10.7. The van der Waals surface area contributed by atoms with E-state index in [1.807, 2.05) is 30.3 Å². The number of carbonyl (C=O) groups excluding carboxylic acids is 1. The molecule has 1 N–H and O–H groups in total. The van der Waals surface area contributed by atoms with Gasteiger partial charge in [-0.2, -0.15) is 0 Å². The zero-order chi connectivity index (χ0) is 26.8. The number of benzene rings is 2. The molecule has 0 bridgehead atoms. The molecule has 2 rings (SSSR count). The second-order valence-corrected chi connectivity index (χ2v) is 12.3. The van der Waals surface area contributed by atoms with Crippen LogP contribution in [0.1, 0.15) is 134 Å². The Hall–Kier alpha value is -2.29. The summed E-state index contributed by atoms with van der Waals surface area (Å²) in [5.41, 5.74) is 4.06. The van der Waals surface area contributed by atoms with Gasteiger partial charge in [0.25, 0.3) is 0 Å². The summed E-state index contributed by atoms with van der Waals surface area (Å²) in [4.78, 5) is 13.1. The Morgan fingerprint density at radius 1 is 0.750 bits per heavy atom. The molecule has 0 spiro atoms. The van der Waals surface area contributed by atoms with Crippen LogP contribution >= 0.6 is 0 Å². The Morgan fingerprint density at radius 3 is 1.69 bits per heavy atom. The van der Waals surface area contributed by atoms with Crippen LogP contribution in [0.25, 0.3) is 11.1 Å². The van der Waals surface area contributed by atoms with Gasteiger partial charge >= 0.3 is 5.97 Å². The van der Waals surface area contributed by atoms with E-state index in [0.29, 0.717) is 12.2 Å². The van der Waals surface area contributed by atoms with E-state index in [1.54, 1.807) is 6.07 Å². The van der Waals surface area contributed by atoms with Crippen molar-refractivity contribution < 1.29 is 14.6 Å². The van der Waals surface area contributed by atoms with E-state index in [-0.39, 0.29) is 22.5 Å². The quantitative estimate of drug-likeness (QED) is 0.223. The fourth-order valence-electron chi connectivity index (χ4n) is 4.76. The number of esters is 1. The first-order chi connectivity index (χ1) is 17.0. The molecule has 0 aliphatic heterocycles. The number of rotatable bonds is 13. The maximum Gasteiger partial charge on any atom is 0.338 e. The minimum Gasteiger partial charge on any atom is -0.507 e. The highest BCUT2D eigenvalue weighted by Crippen LogP contribution is 2.44. The molecule has 3 heteroatoms. The van der Waals surface area contributed by atoms with Gasteiger partial charge in [-0.1, -0.05) is 124 Å². The van der Waals surface area contributed by atoms with Gasteiger partial charge in [-0.05, 0) is 52.1 Å². The molecule has 0 radical (unpaired) electrons. The smallest absolute Gasteiger partial charge is 0.338 e. The number of hydrogen-bond donors (Lipinski definition) is 1. The maximum atomic E-state index is 13.1. The Bertz CT molecular complexity index is 925. The van der Waals surface area contributed by atoms with Crippen molar-refractivity contribution in [2.24, 2.45) is 0 Å². The topological polar surface area (TPSA) is 46.5 Å². The summed E-state index contributed by atoms with van der Waals surface area (Å²) in [5.74, 6) is -0.00413. The van der Waals surface area contributed by atoms with Gasteiger partial charge in [0.2, 0.25) is 0 Å². The summed E-state index contributed by atoms with van der Waals surface area (Å²) in [6.45, 7) is 15.6. The van der Waals surface area contributed by atoms with Gasteiger partial charge in [0, 0.05) is 5.56 Å². The lowest BCUT2D eigenvalue weighted by atomic mass is 9.73. The van der Waals surface area contributed by atoms with Crippen molar-refractivity contribution in [2.45, 2.75) is 124 Å². The number of para-hydroxylation sites is 1. The van der Waals surface area contributed by atoms with Crippen molar-refractivity contribution in [1.82, 2.24) is 0 Å². The molecule has 200 valence electrons. The zero-order valence-corrected chi connectivity index (χ0v) is 24.0. The summed E-state index contributed by atoms with van der Waals surface area (Å²) < 4.78 is 5.72. The third kappa shape index (κ3) is 8.98. The highest BCUT2D eigenvalue weighted by Gasteiger charge is 2.29. The molecule has 3 nitrogen and oxygen atoms in total. The zero-order valence-electron chi connectivity index (χ0n) is 24.0. The van der Waals surface area contributed by atoms with Crippen LogP contribution < -0.4 is 0 Å². The number of carbonyl (C=O) groups is 1. The largest absolute Gasteiger partial charge is 0.507 e. The molecule has 0 saturated heterocycles. The molecule has 2 aromatic carbocycles. The lowest BCUT2D eigenvalue weighted by Gasteiger charge is -2.31. The molecule has 0 saturated carbocycles. The molecule has 2 aromatic rings. The van der Waals surface area contributed by atoms with E-state index in [2.05, 4.69) is 48.5 Å². The summed E-state index contributed by atoms with van der Waals surface area (Å²) in [7, 11) is 0. The number of phenols is 1. The number of ether oxygens (including phenoxy) is 1. The lowest BCUT2D eigenvalue weighted by molar-refractivity contribution is 0.0497. The van der Waals surface area contributed by atoms with Crippen molar-refractivity contribution in [1.29, 1.82) is 0 Å². The average Bonchev–Trinajstić information content (AvgIpc) is 2.81. The highest BCUT2D eigenvalue weighted by atomic mass is 16.5. The molecule has 0 atom stereocenters. The molecular formula is C33H50O3. The number of hydrogen-bond acceptors (Lipinski definition) is 3. The van der Waals surface area contributed by atoms with Gasteiger partial charge in [-0.15, -0.1) is 0 Å². The fourth-order valence-corrected chi connectivity index (χ4v) is 4.76. The normalized spacial score (nSPS) is 12.1. The van der Waals surface area contributed by atoms with E-state index in [4.69, 9.17) is 4.74 Å². The predicted octanol–water partition coefficient (Wildman–Crippen LogP) is 9.73. The number of unbranched alkanes of at least 4 members (excludes halogenated alkanes) is 9. The first kappa shape index (κ1) is 29.9. The molecular weight excluding hydrogens is 444 g/mol. The molecule has 0 unspecified atom stereocenters. The lowest BCUT2D eigenvalue weighted by Crippen LogP contribution is -2.21. The second kappa shape index (κ2) is 13.9. The number of phenolic OH excluding ortho intramolecular Hbond substituents is 1. The van der Waals surface area contributed by atoms with Crippen molar-refractivity contribution in [3.8, 4) is 16.9 Å². The van der Waals surface area contributed by atoms with Crippen LogP contribution in [0.2, 0.25) is 0 Å². The van der Waals surface area contributed by atoms with Crippen LogP contribution in [0.5, 0.6) is 5.75 Å². The first-order valence-corrected chi connectivity index (χ1v) is 14.1. The standard InChI is InChI=1S/C33H50O3/c1-8-9-10-11-12-13-14-15-16-19-22-36-31(35)25-23-27(32(2,3)4)30(28(24-25)33(5,6)7)26-20-17-18-21-29(26)34/h17-18,20-21,23-24,34H,8-16,19,22H2,1-7H3. The molecule has 0 heterocycles. The van der Waals surface area contributed by atoms with Crippen LogP contribution in [-0.2, 0) is 15.6 Å².